The molecule has 7 heteroatoms. The van der Waals surface area contributed by atoms with E-state index in [9.17, 15) is 14.4 Å². The molecule has 2 aromatic rings. The molecule has 0 aliphatic rings. The number of aromatic nitrogens is 2. The first-order chi connectivity index (χ1) is 11.0. The highest BCUT2D eigenvalue weighted by Crippen LogP contribution is 2.09. The number of aryl methyl sites for hydroxylation is 1. The molecule has 23 heavy (non-hydrogen) atoms. The molecule has 120 valence electrons. The lowest BCUT2D eigenvalue weighted by atomic mass is 10.2. The molecule has 0 unspecified atom stereocenters. The molecule has 1 aromatic heterocycles. The first-order valence-electron chi connectivity index (χ1n) is 7.19. The number of amides is 2. The fraction of sp³-hybridized carbons (Fsp3) is 0.250. The lowest BCUT2D eigenvalue weighted by molar-refractivity contribution is -0.121. The second-order valence-electron chi connectivity index (χ2n) is 5.05. The third-order valence-corrected chi connectivity index (χ3v) is 3.07. The Morgan fingerprint density at radius 3 is 2.78 bits per heavy atom. The van der Waals surface area contributed by atoms with Crippen molar-refractivity contribution < 1.29 is 9.59 Å². The van der Waals surface area contributed by atoms with Gasteiger partial charge in [0.15, 0.2) is 0 Å². The van der Waals surface area contributed by atoms with Gasteiger partial charge < -0.3 is 10.6 Å². The molecule has 0 aliphatic carbocycles. The summed E-state index contributed by atoms with van der Waals surface area (Å²) in [6, 6.07) is 9.04. The average molecular weight is 314 g/mol. The summed E-state index contributed by atoms with van der Waals surface area (Å²) in [5.41, 5.74) is 1.29. The Morgan fingerprint density at radius 2 is 2.04 bits per heavy atom. The molecular formula is C16H18N4O3. The van der Waals surface area contributed by atoms with Gasteiger partial charge in [-0.1, -0.05) is 12.1 Å². The minimum atomic E-state index is -0.486. The fourth-order valence-corrected chi connectivity index (χ4v) is 1.98. The Labute approximate surface area is 133 Å². The molecule has 0 radical (unpaired) electrons. The zero-order chi connectivity index (χ0) is 16.7. The van der Waals surface area contributed by atoms with E-state index in [-0.39, 0.29) is 31.3 Å². The van der Waals surface area contributed by atoms with E-state index < -0.39 is 5.69 Å². The molecule has 0 atom stereocenters. The summed E-state index contributed by atoms with van der Waals surface area (Å²) in [7, 11) is 0. The van der Waals surface area contributed by atoms with Crippen LogP contribution in [0.1, 0.15) is 12.0 Å². The van der Waals surface area contributed by atoms with Gasteiger partial charge in [-0.3, -0.25) is 14.2 Å². The first-order valence-corrected chi connectivity index (χ1v) is 7.19. The van der Waals surface area contributed by atoms with Crippen LogP contribution in [-0.4, -0.2) is 27.9 Å². The van der Waals surface area contributed by atoms with Gasteiger partial charge >= 0.3 is 5.69 Å². The van der Waals surface area contributed by atoms with Crippen LogP contribution in [0.5, 0.6) is 0 Å². The Kier molecular flexibility index (Phi) is 5.62. The number of carbonyl (C=O) groups is 2. The summed E-state index contributed by atoms with van der Waals surface area (Å²) < 4.78 is 1.20. The van der Waals surface area contributed by atoms with Crippen molar-refractivity contribution in [1.29, 1.82) is 0 Å². The standard InChI is InChI=1S/C16H18N4O3/c1-12-4-2-5-13(10-12)19-14(21)6-8-17-15(22)11-20-9-3-7-18-16(20)23/h2-5,7,9-10H,6,8,11H2,1H3,(H,17,22)(H,19,21). The van der Waals surface area contributed by atoms with Crippen LogP contribution in [-0.2, 0) is 16.1 Å². The molecule has 0 saturated carbocycles. The summed E-state index contributed by atoms with van der Waals surface area (Å²) in [6.45, 7) is 2.02. The van der Waals surface area contributed by atoms with E-state index in [1.54, 1.807) is 12.1 Å². The summed E-state index contributed by atoms with van der Waals surface area (Å²) >= 11 is 0. The van der Waals surface area contributed by atoms with Crippen molar-refractivity contribution in [2.24, 2.45) is 0 Å². The maximum atomic E-state index is 11.8. The lowest BCUT2D eigenvalue weighted by Crippen LogP contribution is -2.34. The van der Waals surface area contributed by atoms with Gasteiger partial charge in [-0.2, -0.15) is 0 Å². The van der Waals surface area contributed by atoms with Crippen molar-refractivity contribution in [2.45, 2.75) is 19.9 Å². The molecular weight excluding hydrogens is 296 g/mol. The van der Waals surface area contributed by atoms with Crippen molar-refractivity contribution in [3.8, 4) is 0 Å². The molecule has 0 fully saturated rings. The van der Waals surface area contributed by atoms with Gasteiger partial charge in [-0.15, -0.1) is 0 Å². The molecule has 2 rings (SSSR count). The van der Waals surface area contributed by atoms with Gasteiger partial charge in [0.2, 0.25) is 11.8 Å². The predicted octanol–water partition coefficient (Wildman–Crippen LogP) is 0.697. The normalized spacial score (nSPS) is 10.1. The van der Waals surface area contributed by atoms with Crippen LogP contribution < -0.4 is 16.3 Å². The highest BCUT2D eigenvalue weighted by Gasteiger charge is 2.06. The van der Waals surface area contributed by atoms with E-state index in [0.717, 1.165) is 11.3 Å². The lowest BCUT2D eigenvalue weighted by Gasteiger charge is -2.08. The SMILES string of the molecule is Cc1cccc(NC(=O)CCNC(=O)Cn2cccnc2=O)c1. The zero-order valence-corrected chi connectivity index (χ0v) is 12.8. The van der Waals surface area contributed by atoms with E-state index >= 15 is 0 Å². The van der Waals surface area contributed by atoms with E-state index in [0.29, 0.717) is 0 Å². The second kappa shape index (κ2) is 7.88. The van der Waals surface area contributed by atoms with Gasteiger partial charge in [0.05, 0.1) is 0 Å². The third-order valence-electron chi connectivity index (χ3n) is 3.07. The van der Waals surface area contributed by atoms with E-state index in [1.807, 2.05) is 25.1 Å². The van der Waals surface area contributed by atoms with Gasteiger partial charge in [0.25, 0.3) is 0 Å². The summed E-state index contributed by atoms with van der Waals surface area (Å²) in [5.74, 6) is -0.530. The maximum Gasteiger partial charge on any atom is 0.347 e. The number of hydrogen-bond donors (Lipinski definition) is 2. The Hall–Kier alpha value is -2.96. The number of nitrogens with zero attached hydrogens (tertiary/aromatic N) is 2. The van der Waals surface area contributed by atoms with Crippen molar-refractivity contribution in [3.05, 3.63) is 58.8 Å². The highest BCUT2D eigenvalue weighted by molar-refractivity contribution is 5.91. The smallest absolute Gasteiger partial charge is 0.347 e. The third kappa shape index (κ3) is 5.39. The molecule has 1 aromatic carbocycles. The molecule has 2 N–H and O–H groups in total. The minimum absolute atomic E-state index is 0.119. The van der Waals surface area contributed by atoms with Gasteiger partial charge in [-0.25, -0.2) is 9.78 Å². The molecule has 2 amide bonds. The van der Waals surface area contributed by atoms with Crippen molar-refractivity contribution in [2.75, 3.05) is 11.9 Å². The Morgan fingerprint density at radius 1 is 1.22 bits per heavy atom. The van der Waals surface area contributed by atoms with Crippen LogP contribution in [0.25, 0.3) is 0 Å². The van der Waals surface area contributed by atoms with Crippen LogP contribution in [0, 0.1) is 6.92 Å². The van der Waals surface area contributed by atoms with E-state index in [1.165, 1.54) is 17.0 Å². The number of benzene rings is 1. The van der Waals surface area contributed by atoms with Crippen molar-refractivity contribution in [3.63, 3.8) is 0 Å². The van der Waals surface area contributed by atoms with Crippen molar-refractivity contribution in [1.82, 2.24) is 14.9 Å². The molecule has 0 bridgehead atoms. The van der Waals surface area contributed by atoms with E-state index in [2.05, 4.69) is 15.6 Å². The molecule has 7 nitrogen and oxygen atoms in total. The monoisotopic (exact) mass is 314 g/mol. The average Bonchev–Trinajstić information content (AvgIpc) is 2.49. The summed E-state index contributed by atoms with van der Waals surface area (Å²) in [4.78, 5) is 38.4. The summed E-state index contributed by atoms with van der Waals surface area (Å²) in [5, 5.41) is 5.36. The molecule has 0 spiro atoms. The molecule has 0 saturated heterocycles. The van der Waals surface area contributed by atoms with Crippen LogP contribution in [0.3, 0.4) is 0 Å². The quantitative estimate of drug-likeness (QED) is 0.820. The maximum absolute atomic E-state index is 11.8. The fourth-order valence-electron chi connectivity index (χ4n) is 1.98. The molecule has 1 heterocycles. The first kappa shape index (κ1) is 16.4. The predicted molar refractivity (Wildman–Crippen MR) is 85.9 cm³/mol. The highest BCUT2D eigenvalue weighted by atomic mass is 16.2. The van der Waals surface area contributed by atoms with Crippen LogP contribution >= 0.6 is 0 Å². The zero-order valence-electron chi connectivity index (χ0n) is 12.8. The number of hydrogen-bond acceptors (Lipinski definition) is 4. The number of anilines is 1. The minimum Gasteiger partial charge on any atom is -0.354 e. The van der Waals surface area contributed by atoms with E-state index in [4.69, 9.17) is 0 Å². The summed E-state index contributed by atoms with van der Waals surface area (Å²) in [6.07, 6.45) is 3.01. The Balaban J connectivity index is 1.74. The number of carbonyl (C=O) groups excluding carboxylic acids is 2. The van der Waals surface area contributed by atoms with Gasteiger partial charge in [0, 0.05) is 31.0 Å². The largest absolute Gasteiger partial charge is 0.354 e. The second-order valence-corrected chi connectivity index (χ2v) is 5.05. The molecule has 0 aliphatic heterocycles. The number of nitrogens with one attached hydrogen (secondary N) is 2. The number of rotatable bonds is 6. The van der Waals surface area contributed by atoms with Crippen LogP contribution in [0.4, 0.5) is 5.69 Å². The van der Waals surface area contributed by atoms with Crippen molar-refractivity contribution >= 4 is 17.5 Å². The van der Waals surface area contributed by atoms with Crippen LogP contribution in [0.15, 0.2) is 47.5 Å². The topological polar surface area (TPSA) is 93.1 Å². The Bertz CT molecular complexity index is 755. The van der Waals surface area contributed by atoms with Gasteiger partial charge in [0.1, 0.15) is 6.54 Å². The van der Waals surface area contributed by atoms with Gasteiger partial charge in [-0.05, 0) is 30.7 Å². The van der Waals surface area contributed by atoms with Crippen LogP contribution in [0.2, 0.25) is 0 Å².